The molecule has 0 saturated carbocycles. The normalized spacial score (nSPS) is 14.0. The minimum Gasteiger partial charge on any atom is -0.481 e. The number of carboxylic acid groups (broad SMARTS) is 1. The predicted octanol–water partition coefficient (Wildman–Crippen LogP) is 1.27. The maximum atomic E-state index is 11.4. The van der Waals surface area contributed by atoms with Gasteiger partial charge in [-0.25, -0.2) is 0 Å². The van der Waals surface area contributed by atoms with Crippen LogP contribution in [0.15, 0.2) is 12.7 Å². The van der Waals surface area contributed by atoms with E-state index in [0.29, 0.717) is 6.54 Å². The zero-order valence-corrected chi connectivity index (χ0v) is 9.84. The van der Waals surface area contributed by atoms with Crippen LogP contribution in [0.5, 0.6) is 0 Å². The quantitative estimate of drug-likeness (QED) is 0.648. The summed E-state index contributed by atoms with van der Waals surface area (Å²) in [6.45, 7) is 7.50. The van der Waals surface area contributed by atoms with Gasteiger partial charge in [0.15, 0.2) is 0 Å². The second-order valence-electron chi connectivity index (χ2n) is 3.22. The van der Waals surface area contributed by atoms with E-state index < -0.39 is 5.97 Å². The summed E-state index contributed by atoms with van der Waals surface area (Å²) in [4.78, 5) is 21.8. The summed E-state index contributed by atoms with van der Waals surface area (Å²) in [5.74, 6) is -0.925. The Morgan fingerprint density at radius 1 is 1.53 bits per heavy atom. The first-order valence-electron chi connectivity index (χ1n) is 4.73. The molecule has 1 amide bonds. The Kier molecular flexibility index (Phi) is 6.86. The molecular weight excluding hydrogens is 214 g/mol. The summed E-state index contributed by atoms with van der Waals surface area (Å²) in [7, 11) is 0. The highest BCUT2D eigenvalue weighted by atomic mass is 32.2. The minimum absolute atomic E-state index is 0.0630. The Labute approximate surface area is 94.1 Å². The topological polar surface area (TPSA) is 66.4 Å². The van der Waals surface area contributed by atoms with Crippen LogP contribution in [0.2, 0.25) is 0 Å². The molecule has 0 aliphatic heterocycles. The Morgan fingerprint density at radius 3 is 2.60 bits per heavy atom. The number of carbonyl (C=O) groups excluding carboxylic acids is 1. The lowest BCUT2D eigenvalue weighted by Gasteiger charge is -2.14. The van der Waals surface area contributed by atoms with E-state index in [0.717, 1.165) is 0 Å². The van der Waals surface area contributed by atoms with Crippen LogP contribution >= 0.6 is 11.8 Å². The summed E-state index contributed by atoms with van der Waals surface area (Å²) in [5, 5.41) is 10.9. The molecule has 0 heterocycles. The van der Waals surface area contributed by atoms with Gasteiger partial charge in [-0.3, -0.25) is 9.59 Å². The Hall–Kier alpha value is -0.970. The van der Waals surface area contributed by atoms with Crippen LogP contribution in [0.1, 0.15) is 20.3 Å². The van der Waals surface area contributed by atoms with Crippen molar-refractivity contribution in [3.8, 4) is 0 Å². The SMILES string of the molecule is C=CCNC(=O)C(C)SC(C)CC(=O)O. The van der Waals surface area contributed by atoms with Gasteiger partial charge in [0.1, 0.15) is 0 Å². The third-order valence-corrected chi connectivity index (χ3v) is 2.94. The Morgan fingerprint density at radius 2 is 2.13 bits per heavy atom. The van der Waals surface area contributed by atoms with Gasteiger partial charge < -0.3 is 10.4 Å². The highest BCUT2D eigenvalue weighted by Gasteiger charge is 2.17. The lowest BCUT2D eigenvalue weighted by molar-refractivity contribution is -0.136. The maximum Gasteiger partial charge on any atom is 0.304 e. The number of aliphatic carboxylic acids is 1. The summed E-state index contributed by atoms with van der Waals surface area (Å²) >= 11 is 1.36. The summed E-state index contributed by atoms with van der Waals surface area (Å²) in [5.41, 5.74) is 0. The first-order chi connectivity index (χ1) is 6.97. The molecule has 0 aromatic rings. The summed E-state index contributed by atoms with van der Waals surface area (Å²) in [6, 6.07) is 0. The first-order valence-corrected chi connectivity index (χ1v) is 5.67. The van der Waals surface area contributed by atoms with Crippen molar-refractivity contribution in [2.75, 3.05) is 6.54 Å². The minimum atomic E-state index is -0.839. The molecule has 0 aliphatic rings. The molecule has 0 rings (SSSR count). The number of carbonyl (C=O) groups is 2. The van der Waals surface area contributed by atoms with E-state index in [1.807, 2.05) is 0 Å². The van der Waals surface area contributed by atoms with E-state index in [-0.39, 0.29) is 22.8 Å². The maximum absolute atomic E-state index is 11.4. The van der Waals surface area contributed by atoms with Crippen LogP contribution in [0.3, 0.4) is 0 Å². The molecule has 15 heavy (non-hydrogen) atoms. The lowest BCUT2D eigenvalue weighted by atomic mass is 10.3. The molecule has 4 nitrogen and oxygen atoms in total. The molecule has 2 unspecified atom stereocenters. The molecule has 0 aromatic heterocycles. The number of nitrogens with one attached hydrogen (secondary N) is 1. The highest BCUT2D eigenvalue weighted by Crippen LogP contribution is 2.20. The van der Waals surface area contributed by atoms with E-state index in [1.54, 1.807) is 19.9 Å². The van der Waals surface area contributed by atoms with Gasteiger partial charge in [0.2, 0.25) is 5.91 Å². The Bertz CT molecular complexity index is 243. The molecule has 2 N–H and O–H groups in total. The monoisotopic (exact) mass is 231 g/mol. The van der Waals surface area contributed by atoms with Crippen LogP contribution in [0.25, 0.3) is 0 Å². The zero-order valence-electron chi connectivity index (χ0n) is 9.03. The molecule has 0 bridgehead atoms. The van der Waals surface area contributed by atoms with Gasteiger partial charge in [0.05, 0.1) is 11.7 Å². The smallest absolute Gasteiger partial charge is 0.304 e. The van der Waals surface area contributed by atoms with Gasteiger partial charge in [0, 0.05) is 11.8 Å². The molecule has 2 atom stereocenters. The van der Waals surface area contributed by atoms with Crippen LogP contribution in [-0.4, -0.2) is 34.0 Å². The van der Waals surface area contributed by atoms with Crippen molar-refractivity contribution >= 4 is 23.6 Å². The van der Waals surface area contributed by atoms with Crippen LogP contribution < -0.4 is 5.32 Å². The molecule has 0 radical (unpaired) electrons. The molecule has 0 aliphatic carbocycles. The fourth-order valence-corrected chi connectivity index (χ4v) is 2.16. The third-order valence-electron chi connectivity index (χ3n) is 1.69. The average molecular weight is 231 g/mol. The van der Waals surface area contributed by atoms with E-state index in [2.05, 4.69) is 11.9 Å². The van der Waals surface area contributed by atoms with Crippen molar-refractivity contribution in [3.63, 3.8) is 0 Å². The van der Waals surface area contributed by atoms with Crippen molar-refractivity contribution in [1.82, 2.24) is 5.32 Å². The molecular formula is C10H17NO3S. The lowest BCUT2D eigenvalue weighted by Crippen LogP contribution is -2.32. The van der Waals surface area contributed by atoms with Gasteiger partial charge >= 0.3 is 5.97 Å². The molecule has 0 saturated heterocycles. The fraction of sp³-hybridized carbons (Fsp3) is 0.600. The summed E-state index contributed by atoms with van der Waals surface area (Å²) < 4.78 is 0. The average Bonchev–Trinajstić information content (AvgIpc) is 2.12. The molecule has 0 spiro atoms. The van der Waals surface area contributed by atoms with Crippen LogP contribution in [0.4, 0.5) is 0 Å². The third kappa shape index (κ3) is 7.02. The van der Waals surface area contributed by atoms with Crippen molar-refractivity contribution in [1.29, 1.82) is 0 Å². The standard InChI is InChI=1S/C10H17NO3S/c1-4-5-11-10(14)8(3)15-7(2)6-9(12)13/h4,7-8H,1,5-6H2,2-3H3,(H,11,14)(H,12,13). The van der Waals surface area contributed by atoms with Crippen LogP contribution in [-0.2, 0) is 9.59 Å². The second-order valence-corrected chi connectivity index (χ2v) is 5.00. The number of amides is 1. The largest absolute Gasteiger partial charge is 0.481 e. The summed E-state index contributed by atoms with van der Waals surface area (Å²) in [6.07, 6.45) is 1.68. The van der Waals surface area contributed by atoms with Crippen LogP contribution in [0, 0.1) is 0 Å². The molecule has 0 fully saturated rings. The number of hydrogen-bond acceptors (Lipinski definition) is 3. The van der Waals surface area contributed by atoms with E-state index >= 15 is 0 Å². The van der Waals surface area contributed by atoms with Crippen molar-refractivity contribution in [2.24, 2.45) is 0 Å². The second kappa shape index (κ2) is 7.34. The van der Waals surface area contributed by atoms with E-state index in [1.165, 1.54) is 11.8 Å². The number of hydrogen-bond donors (Lipinski definition) is 2. The molecule has 86 valence electrons. The number of rotatable bonds is 7. The van der Waals surface area contributed by atoms with Crippen molar-refractivity contribution in [3.05, 3.63) is 12.7 Å². The van der Waals surface area contributed by atoms with Gasteiger partial charge in [-0.15, -0.1) is 18.3 Å². The molecule has 0 aromatic carbocycles. The Balaban J connectivity index is 3.89. The van der Waals surface area contributed by atoms with Gasteiger partial charge in [-0.2, -0.15) is 0 Å². The predicted molar refractivity (Wildman–Crippen MR) is 62.0 cm³/mol. The fourth-order valence-electron chi connectivity index (χ4n) is 1.02. The number of carboxylic acids is 1. The highest BCUT2D eigenvalue weighted by molar-refractivity contribution is 8.01. The van der Waals surface area contributed by atoms with E-state index in [9.17, 15) is 9.59 Å². The number of thioether (sulfide) groups is 1. The van der Waals surface area contributed by atoms with E-state index in [4.69, 9.17) is 5.11 Å². The van der Waals surface area contributed by atoms with Crippen molar-refractivity contribution < 1.29 is 14.7 Å². The van der Waals surface area contributed by atoms with Crippen molar-refractivity contribution in [2.45, 2.75) is 30.8 Å². The zero-order chi connectivity index (χ0) is 11.8. The van der Waals surface area contributed by atoms with Gasteiger partial charge in [-0.05, 0) is 6.92 Å². The van der Waals surface area contributed by atoms with Gasteiger partial charge in [0.25, 0.3) is 0 Å². The molecule has 5 heteroatoms. The van der Waals surface area contributed by atoms with Gasteiger partial charge in [-0.1, -0.05) is 13.0 Å². The first kappa shape index (κ1) is 14.0.